The Balaban J connectivity index is 2.83. The van der Waals surface area contributed by atoms with Crippen molar-refractivity contribution in [1.82, 2.24) is 5.32 Å². The molecule has 0 aliphatic heterocycles. The Kier molecular flexibility index (Phi) is 6.62. The first kappa shape index (κ1) is 16.3. The van der Waals surface area contributed by atoms with Crippen molar-refractivity contribution < 1.29 is 14.6 Å². The maximum absolute atomic E-state index is 9.22. The van der Waals surface area contributed by atoms with Gasteiger partial charge in [0.15, 0.2) is 11.5 Å². The van der Waals surface area contributed by atoms with Crippen molar-refractivity contribution in [2.75, 3.05) is 13.7 Å². The van der Waals surface area contributed by atoms with Crippen molar-refractivity contribution in [3.05, 3.63) is 22.2 Å². The number of ether oxygens (including phenoxy) is 2. The molecule has 1 unspecified atom stereocenters. The molecule has 0 aliphatic rings. The summed E-state index contributed by atoms with van der Waals surface area (Å²) in [5.74, 6) is 1.44. The van der Waals surface area contributed by atoms with Crippen molar-refractivity contribution in [3.63, 3.8) is 0 Å². The third-order valence-corrected chi connectivity index (χ3v) is 3.19. The molecule has 4 nitrogen and oxygen atoms in total. The van der Waals surface area contributed by atoms with Gasteiger partial charge in [0.25, 0.3) is 0 Å². The molecule has 1 aromatic carbocycles. The van der Waals surface area contributed by atoms with Crippen LogP contribution in [-0.2, 0) is 6.54 Å². The minimum Gasteiger partial charge on any atom is -0.493 e. The molecular weight excluding hydrogens is 310 g/mol. The standard InChI is InChI=1S/C14H22BrNO3/c1-9(2)19-14-6-12(15)11(5-13(14)18-4)8-16-7-10(3)17/h5-6,9-10,16-17H,7-8H2,1-4H3. The van der Waals surface area contributed by atoms with Crippen LogP contribution in [0.2, 0.25) is 0 Å². The van der Waals surface area contributed by atoms with Crippen LogP contribution < -0.4 is 14.8 Å². The summed E-state index contributed by atoms with van der Waals surface area (Å²) in [6.45, 7) is 6.92. The summed E-state index contributed by atoms with van der Waals surface area (Å²) in [7, 11) is 1.63. The summed E-state index contributed by atoms with van der Waals surface area (Å²) in [4.78, 5) is 0. The summed E-state index contributed by atoms with van der Waals surface area (Å²) in [6.07, 6.45) is -0.260. The third-order valence-electron chi connectivity index (χ3n) is 2.45. The zero-order chi connectivity index (χ0) is 14.4. The van der Waals surface area contributed by atoms with E-state index in [0.29, 0.717) is 18.8 Å². The maximum atomic E-state index is 9.22. The maximum Gasteiger partial charge on any atom is 0.162 e. The number of nitrogens with one attached hydrogen (secondary N) is 1. The van der Waals surface area contributed by atoms with Crippen LogP contribution in [0.3, 0.4) is 0 Å². The van der Waals surface area contributed by atoms with Gasteiger partial charge in [0.1, 0.15) is 0 Å². The number of aliphatic hydroxyl groups is 1. The van der Waals surface area contributed by atoms with E-state index in [0.717, 1.165) is 15.8 Å². The zero-order valence-electron chi connectivity index (χ0n) is 11.9. The monoisotopic (exact) mass is 331 g/mol. The molecule has 108 valence electrons. The highest BCUT2D eigenvalue weighted by Crippen LogP contribution is 2.34. The molecule has 1 atom stereocenters. The predicted molar refractivity (Wildman–Crippen MR) is 79.8 cm³/mol. The SMILES string of the molecule is COc1cc(CNCC(C)O)c(Br)cc1OC(C)C. The fourth-order valence-corrected chi connectivity index (χ4v) is 2.10. The largest absolute Gasteiger partial charge is 0.493 e. The number of hydrogen-bond donors (Lipinski definition) is 2. The molecule has 1 aromatic rings. The van der Waals surface area contributed by atoms with Crippen LogP contribution in [0.25, 0.3) is 0 Å². The molecule has 2 N–H and O–H groups in total. The Morgan fingerprint density at radius 2 is 1.95 bits per heavy atom. The van der Waals surface area contributed by atoms with Gasteiger partial charge < -0.3 is 19.9 Å². The number of benzene rings is 1. The minimum atomic E-state index is -0.357. The quantitative estimate of drug-likeness (QED) is 0.806. The second-order valence-corrected chi connectivity index (χ2v) is 5.60. The van der Waals surface area contributed by atoms with Gasteiger partial charge in [-0.1, -0.05) is 15.9 Å². The van der Waals surface area contributed by atoms with Gasteiger partial charge in [-0.25, -0.2) is 0 Å². The summed E-state index contributed by atoms with van der Waals surface area (Å²) in [5.41, 5.74) is 1.06. The van der Waals surface area contributed by atoms with E-state index < -0.39 is 0 Å². The van der Waals surface area contributed by atoms with Gasteiger partial charge in [-0.05, 0) is 38.5 Å². The summed E-state index contributed by atoms with van der Waals surface area (Å²) in [6, 6.07) is 3.86. The molecule has 1 rings (SSSR count). The van der Waals surface area contributed by atoms with Crippen LogP contribution in [0.15, 0.2) is 16.6 Å². The normalized spacial score (nSPS) is 12.6. The second-order valence-electron chi connectivity index (χ2n) is 4.74. The van der Waals surface area contributed by atoms with Crippen LogP contribution in [0.5, 0.6) is 11.5 Å². The average Bonchev–Trinajstić information content (AvgIpc) is 2.30. The van der Waals surface area contributed by atoms with Gasteiger partial charge in [-0.2, -0.15) is 0 Å². The molecule has 0 amide bonds. The van der Waals surface area contributed by atoms with Gasteiger partial charge in [0, 0.05) is 17.6 Å². The molecule has 0 saturated heterocycles. The van der Waals surface area contributed by atoms with E-state index in [-0.39, 0.29) is 12.2 Å². The number of halogens is 1. The molecule has 0 fully saturated rings. The topological polar surface area (TPSA) is 50.7 Å². The number of methoxy groups -OCH3 is 1. The smallest absolute Gasteiger partial charge is 0.162 e. The van der Waals surface area contributed by atoms with E-state index in [9.17, 15) is 5.11 Å². The summed E-state index contributed by atoms with van der Waals surface area (Å²) >= 11 is 3.53. The lowest BCUT2D eigenvalue weighted by atomic mass is 10.2. The number of rotatable bonds is 7. The predicted octanol–water partition coefficient (Wildman–Crippen LogP) is 2.72. The zero-order valence-corrected chi connectivity index (χ0v) is 13.5. The van der Waals surface area contributed by atoms with Crippen molar-refractivity contribution in [2.24, 2.45) is 0 Å². The fraction of sp³-hybridized carbons (Fsp3) is 0.571. The molecule has 0 heterocycles. The van der Waals surface area contributed by atoms with E-state index in [1.54, 1.807) is 14.0 Å². The Morgan fingerprint density at radius 3 is 2.47 bits per heavy atom. The Hall–Kier alpha value is -0.780. The number of hydrogen-bond acceptors (Lipinski definition) is 4. The van der Waals surface area contributed by atoms with Gasteiger partial charge in [-0.15, -0.1) is 0 Å². The van der Waals surface area contributed by atoms with Crippen LogP contribution in [0.1, 0.15) is 26.3 Å². The molecule has 0 aromatic heterocycles. The molecule has 0 bridgehead atoms. The van der Waals surface area contributed by atoms with Crippen LogP contribution in [0, 0.1) is 0 Å². The molecule has 0 saturated carbocycles. The van der Waals surface area contributed by atoms with E-state index in [2.05, 4.69) is 21.2 Å². The van der Waals surface area contributed by atoms with Crippen LogP contribution >= 0.6 is 15.9 Å². The Morgan fingerprint density at radius 1 is 1.26 bits per heavy atom. The highest BCUT2D eigenvalue weighted by Gasteiger charge is 2.11. The van der Waals surface area contributed by atoms with Gasteiger partial charge in [-0.3, -0.25) is 0 Å². The highest BCUT2D eigenvalue weighted by molar-refractivity contribution is 9.10. The van der Waals surface area contributed by atoms with Crippen LogP contribution in [-0.4, -0.2) is 31.0 Å². The average molecular weight is 332 g/mol. The van der Waals surface area contributed by atoms with Crippen molar-refractivity contribution >= 4 is 15.9 Å². The fourth-order valence-electron chi connectivity index (χ4n) is 1.63. The molecular formula is C14H22BrNO3. The lowest BCUT2D eigenvalue weighted by molar-refractivity contribution is 0.191. The molecule has 5 heteroatoms. The molecule has 0 radical (unpaired) electrons. The molecule has 0 aliphatic carbocycles. The first-order chi connectivity index (χ1) is 8.93. The summed E-state index contributed by atoms with van der Waals surface area (Å²) < 4.78 is 12.0. The van der Waals surface area contributed by atoms with E-state index in [4.69, 9.17) is 9.47 Å². The minimum absolute atomic E-state index is 0.0972. The summed E-state index contributed by atoms with van der Waals surface area (Å²) in [5, 5.41) is 12.4. The van der Waals surface area contributed by atoms with Gasteiger partial charge in [0.05, 0.1) is 19.3 Å². The van der Waals surface area contributed by atoms with Crippen molar-refractivity contribution in [3.8, 4) is 11.5 Å². The van der Waals surface area contributed by atoms with Crippen LogP contribution in [0.4, 0.5) is 0 Å². The number of aliphatic hydroxyl groups excluding tert-OH is 1. The molecule has 19 heavy (non-hydrogen) atoms. The second kappa shape index (κ2) is 7.72. The van der Waals surface area contributed by atoms with Crippen molar-refractivity contribution in [1.29, 1.82) is 0 Å². The van der Waals surface area contributed by atoms with Crippen molar-refractivity contribution in [2.45, 2.75) is 39.5 Å². The van der Waals surface area contributed by atoms with E-state index in [1.807, 2.05) is 26.0 Å². The Bertz CT molecular complexity index is 408. The van der Waals surface area contributed by atoms with Gasteiger partial charge in [0.2, 0.25) is 0 Å². The van der Waals surface area contributed by atoms with E-state index >= 15 is 0 Å². The Labute approximate surface area is 123 Å². The van der Waals surface area contributed by atoms with Gasteiger partial charge >= 0.3 is 0 Å². The molecule has 0 spiro atoms. The van der Waals surface area contributed by atoms with E-state index in [1.165, 1.54) is 0 Å². The first-order valence-corrected chi connectivity index (χ1v) is 7.15. The first-order valence-electron chi connectivity index (χ1n) is 6.36. The lowest BCUT2D eigenvalue weighted by Crippen LogP contribution is -2.24. The lowest BCUT2D eigenvalue weighted by Gasteiger charge is -2.16. The highest BCUT2D eigenvalue weighted by atomic mass is 79.9. The third kappa shape index (κ3) is 5.38.